The van der Waals surface area contributed by atoms with E-state index in [0.29, 0.717) is 19.3 Å². The van der Waals surface area contributed by atoms with Crippen LogP contribution in [0, 0.1) is 0 Å². The molecule has 0 aliphatic carbocycles. The molecule has 0 rings (SSSR count). The largest absolute Gasteiger partial charge is 0.462 e. The minimum Gasteiger partial charge on any atom is -0.462 e. The van der Waals surface area contributed by atoms with Crippen LogP contribution in [0.5, 0.6) is 0 Å². The number of hydrogen-bond donors (Lipinski definition) is 0. The SMILES string of the molecule is CC/C=C\C/C=C\C/C=C\C/C=C\C/C=C\C/C=C\CCC(=O)OC(COC(=O)CCCCC/C=C\C/C=C\C/C=C\C/C=C\C/C=C\CC)COC(=O)CCCCCCCCCCCCCCC/C=C\C/C=C\CCCCCCC. The third kappa shape index (κ3) is 65.7. The smallest absolute Gasteiger partial charge is 0.306 e. The fourth-order valence-corrected chi connectivity index (χ4v) is 8.64. The van der Waals surface area contributed by atoms with Crippen molar-refractivity contribution < 1.29 is 28.6 Å². The molecule has 0 aromatic rings. The van der Waals surface area contributed by atoms with Crippen molar-refractivity contribution in [2.45, 2.75) is 284 Å². The van der Waals surface area contributed by atoms with Crippen LogP contribution >= 0.6 is 0 Å². The molecule has 0 saturated carbocycles. The number of carbonyl (C=O) groups excluding carboxylic acids is 3. The van der Waals surface area contributed by atoms with Crippen LogP contribution in [0.1, 0.15) is 278 Å². The van der Waals surface area contributed by atoms with E-state index in [1.165, 1.54) is 109 Å². The third-order valence-electron chi connectivity index (χ3n) is 13.5. The Balaban J connectivity index is 4.51. The molecular weight excluding hydrogens is 997 g/mol. The van der Waals surface area contributed by atoms with Gasteiger partial charge in [0.05, 0.1) is 0 Å². The normalized spacial score (nSPS) is 13.2. The maximum atomic E-state index is 12.9. The molecule has 81 heavy (non-hydrogen) atoms. The van der Waals surface area contributed by atoms with Crippen molar-refractivity contribution in [1.82, 2.24) is 0 Å². The molecule has 0 aliphatic rings. The summed E-state index contributed by atoms with van der Waals surface area (Å²) in [5.74, 6) is -1.05. The molecule has 6 nitrogen and oxygen atoms in total. The topological polar surface area (TPSA) is 78.9 Å². The second-order valence-electron chi connectivity index (χ2n) is 21.3. The molecule has 0 aromatic carbocycles. The van der Waals surface area contributed by atoms with E-state index in [-0.39, 0.29) is 31.6 Å². The van der Waals surface area contributed by atoms with Gasteiger partial charge in [-0.3, -0.25) is 14.4 Å². The van der Waals surface area contributed by atoms with Gasteiger partial charge in [0.1, 0.15) is 13.2 Å². The summed E-state index contributed by atoms with van der Waals surface area (Å²) in [7, 11) is 0. The zero-order valence-electron chi connectivity index (χ0n) is 52.2. The molecule has 0 spiro atoms. The first-order valence-electron chi connectivity index (χ1n) is 33.0. The lowest BCUT2D eigenvalue weighted by Crippen LogP contribution is -2.30. The van der Waals surface area contributed by atoms with Gasteiger partial charge in [-0.25, -0.2) is 0 Å². The monoisotopic (exact) mass is 1120 g/mol. The molecule has 0 amide bonds. The van der Waals surface area contributed by atoms with Crippen LogP contribution in [-0.2, 0) is 28.6 Å². The van der Waals surface area contributed by atoms with Gasteiger partial charge in [0.15, 0.2) is 6.10 Å². The summed E-state index contributed by atoms with van der Waals surface area (Å²) in [5.41, 5.74) is 0. The Morgan fingerprint density at radius 2 is 0.506 bits per heavy atom. The molecular formula is C75H120O6. The fraction of sp³-hybridized carbons (Fsp3) is 0.613. The Kier molecular flexibility index (Phi) is 63.4. The lowest BCUT2D eigenvalue weighted by atomic mass is 10.0. The second-order valence-corrected chi connectivity index (χ2v) is 21.3. The minimum absolute atomic E-state index is 0.125. The minimum atomic E-state index is -0.842. The summed E-state index contributed by atoms with van der Waals surface area (Å²) in [5, 5.41) is 0. The maximum Gasteiger partial charge on any atom is 0.306 e. The average molecular weight is 1120 g/mol. The Morgan fingerprint density at radius 3 is 0.815 bits per heavy atom. The van der Waals surface area contributed by atoms with Crippen LogP contribution in [0.25, 0.3) is 0 Å². The molecule has 0 bridgehead atoms. The quantitative estimate of drug-likeness (QED) is 0.0261. The van der Waals surface area contributed by atoms with Crippen molar-refractivity contribution in [1.29, 1.82) is 0 Å². The Labute approximate surface area is 499 Å². The van der Waals surface area contributed by atoms with Gasteiger partial charge in [0, 0.05) is 19.3 Å². The van der Waals surface area contributed by atoms with Crippen LogP contribution in [0.15, 0.2) is 158 Å². The van der Waals surface area contributed by atoms with Gasteiger partial charge >= 0.3 is 17.9 Å². The van der Waals surface area contributed by atoms with Gasteiger partial charge < -0.3 is 14.2 Å². The first kappa shape index (κ1) is 76.0. The van der Waals surface area contributed by atoms with Gasteiger partial charge in [-0.15, -0.1) is 0 Å². The summed E-state index contributed by atoms with van der Waals surface area (Å²) in [6, 6.07) is 0. The Morgan fingerprint density at radius 1 is 0.259 bits per heavy atom. The zero-order valence-corrected chi connectivity index (χ0v) is 52.2. The summed E-state index contributed by atoms with van der Waals surface area (Å²) in [4.78, 5) is 38.4. The van der Waals surface area contributed by atoms with Gasteiger partial charge in [-0.05, 0) is 135 Å². The predicted molar refractivity (Wildman–Crippen MR) is 352 cm³/mol. The van der Waals surface area contributed by atoms with Crippen LogP contribution in [0.4, 0.5) is 0 Å². The number of allylic oxidation sites excluding steroid dienone is 26. The van der Waals surface area contributed by atoms with Crippen molar-refractivity contribution in [2.75, 3.05) is 13.2 Å². The van der Waals surface area contributed by atoms with Crippen molar-refractivity contribution in [3.63, 3.8) is 0 Å². The Hall–Kier alpha value is -4.97. The summed E-state index contributed by atoms with van der Waals surface area (Å²) >= 11 is 0. The van der Waals surface area contributed by atoms with Gasteiger partial charge in [0.2, 0.25) is 0 Å². The van der Waals surface area contributed by atoms with E-state index in [9.17, 15) is 14.4 Å². The summed E-state index contributed by atoms with van der Waals surface area (Å²) < 4.78 is 16.8. The molecule has 0 aliphatic heterocycles. The summed E-state index contributed by atoms with van der Waals surface area (Å²) in [6.45, 7) is 6.32. The van der Waals surface area contributed by atoms with Crippen molar-refractivity contribution in [3.8, 4) is 0 Å². The van der Waals surface area contributed by atoms with Crippen LogP contribution in [0.3, 0.4) is 0 Å². The summed E-state index contributed by atoms with van der Waals surface area (Å²) in [6.07, 6.45) is 98.4. The lowest BCUT2D eigenvalue weighted by molar-refractivity contribution is -0.166. The first-order chi connectivity index (χ1) is 40.0. The fourth-order valence-electron chi connectivity index (χ4n) is 8.64. The van der Waals surface area contributed by atoms with Crippen molar-refractivity contribution in [3.05, 3.63) is 158 Å². The van der Waals surface area contributed by atoms with E-state index in [2.05, 4.69) is 167 Å². The number of hydrogen-bond acceptors (Lipinski definition) is 6. The van der Waals surface area contributed by atoms with Crippen LogP contribution in [0.2, 0.25) is 0 Å². The molecule has 1 unspecified atom stereocenters. The highest BCUT2D eigenvalue weighted by molar-refractivity contribution is 5.71. The second kappa shape index (κ2) is 67.5. The van der Waals surface area contributed by atoms with Crippen LogP contribution < -0.4 is 0 Å². The molecule has 0 radical (unpaired) electrons. The van der Waals surface area contributed by atoms with Gasteiger partial charge in [0.25, 0.3) is 0 Å². The van der Waals surface area contributed by atoms with E-state index < -0.39 is 12.1 Å². The number of carbonyl (C=O) groups is 3. The van der Waals surface area contributed by atoms with E-state index in [4.69, 9.17) is 14.2 Å². The molecule has 0 heterocycles. The molecule has 1 atom stereocenters. The molecule has 6 heteroatoms. The molecule has 0 fully saturated rings. The first-order valence-corrected chi connectivity index (χ1v) is 33.0. The highest BCUT2D eigenvalue weighted by Crippen LogP contribution is 2.15. The van der Waals surface area contributed by atoms with Crippen molar-refractivity contribution >= 4 is 17.9 Å². The number of unbranched alkanes of at least 4 members (excludes halogenated alkanes) is 21. The lowest BCUT2D eigenvalue weighted by Gasteiger charge is -2.18. The number of rotatable bonds is 58. The average Bonchev–Trinajstić information content (AvgIpc) is 3.47. The van der Waals surface area contributed by atoms with Gasteiger partial charge in [-0.1, -0.05) is 281 Å². The molecule has 0 aromatic heterocycles. The maximum absolute atomic E-state index is 12.9. The number of ether oxygens (including phenoxy) is 3. The van der Waals surface area contributed by atoms with Crippen molar-refractivity contribution in [2.24, 2.45) is 0 Å². The highest BCUT2D eigenvalue weighted by Gasteiger charge is 2.19. The zero-order chi connectivity index (χ0) is 58.5. The third-order valence-corrected chi connectivity index (χ3v) is 13.5. The van der Waals surface area contributed by atoms with Gasteiger partial charge in [-0.2, -0.15) is 0 Å². The molecule has 456 valence electrons. The number of esters is 3. The van der Waals surface area contributed by atoms with E-state index >= 15 is 0 Å². The van der Waals surface area contributed by atoms with Crippen LogP contribution in [-0.4, -0.2) is 37.2 Å². The standard InChI is InChI=1S/C75H120O6/c1-4-7-10-13-16-19-22-25-28-31-34-35-36-37-38-39-42-44-47-50-53-56-59-62-65-68-74(77)80-71-72(81-75(78)69-66-63-60-57-54-51-48-45-41-33-30-27-24-21-18-15-12-9-6-3)70-79-73(76)67-64-61-58-55-52-49-46-43-40-32-29-26-23-20-17-14-11-8-5-2/h8-9,11-12,17-18,20-22,25-27,29-31,34,40-41,43,45,49,51-52,54,60,63,72H,4-7,10,13-16,19,23-24,28,32-33,35-39,42,44,46-48,50,53,55-59,61-62,64-71H2,1-3H3/b11-8-,12-9-,20-17-,21-18-,25-22-,29-26-,30-27-,34-31-,43-40-,45-41-,52-49-,54-51-,63-60-. The van der Waals surface area contributed by atoms with E-state index in [1.54, 1.807) is 0 Å². The predicted octanol–water partition coefficient (Wildman–Crippen LogP) is 22.9. The van der Waals surface area contributed by atoms with E-state index in [1.807, 2.05) is 12.2 Å². The van der Waals surface area contributed by atoms with E-state index in [0.717, 1.165) is 122 Å². The molecule has 0 N–H and O–H groups in total. The highest BCUT2D eigenvalue weighted by atomic mass is 16.6. The Bertz CT molecular complexity index is 1810. The molecule has 0 saturated heterocycles.